The van der Waals surface area contributed by atoms with Gasteiger partial charge in [0.2, 0.25) is 0 Å². The molecular formula is C32H26Cl2N2O6S. The van der Waals surface area contributed by atoms with Crippen molar-refractivity contribution in [3.8, 4) is 16.9 Å². The summed E-state index contributed by atoms with van der Waals surface area (Å²) in [4.78, 5) is 31.8. The molecule has 0 unspecified atom stereocenters. The number of nitrogens with zero attached hydrogens (tertiary/aromatic N) is 2. The molecule has 3 aromatic carbocycles. The fourth-order valence-electron chi connectivity index (χ4n) is 4.54. The maximum absolute atomic E-state index is 13.4. The van der Waals surface area contributed by atoms with E-state index in [9.17, 15) is 19.8 Å². The summed E-state index contributed by atoms with van der Waals surface area (Å²) >= 11 is 13.6. The number of aliphatic hydroxyl groups is 2. The first kappa shape index (κ1) is 30.6. The number of thiazole rings is 1. The number of hydrogen-bond acceptors (Lipinski definition) is 9. The lowest BCUT2D eigenvalue weighted by Gasteiger charge is -2.20. The van der Waals surface area contributed by atoms with E-state index in [4.69, 9.17) is 32.4 Å². The first-order valence-electron chi connectivity index (χ1n) is 13.2. The highest BCUT2D eigenvalue weighted by Crippen LogP contribution is 2.31. The van der Waals surface area contributed by atoms with Crippen LogP contribution in [0.3, 0.4) is 0 Å². The molecular weight excluding hydrogens is 611 g/mol. The first-order chi connectivity index (χ1) is 20.8. The number of benzene rings is 3. The van der Waals surface area contributed by atoms with E-state index in [1.807, 2.05) is 35.2 Å². The molecule has 0 amide bonds. The van der Waals surface area contributed by atoms with E-state index >= 15 is 0 Å². The zero-order chi connectivity index (χ0) is 30.3. The van der Waals surface area contributed by atoms with E-state index in [-0.39, 0.29) is 35.3 Å². The molecule has 11 heteroatoms. The second-order valence-electron chi connectivity index (χ2n) is 9.50. The van der Waals surface area contributed by atoms with Crippen LogP contribution in [0.15, 0.2) is 93.3 Å². The highest BCUT2D eigenvalue weighted by atomic mass is 35.5. The number of fused-ring (bicyclic) bond motifs is 1. The summed E-state index contributed by atoms with van der Waals surface area (Å²) in [7, 11) is 0. The molecule has 0 fully saturated rings. The number of allylic oxidation sites excluding steroid dienone is 1. The Balaban J connectivity index is 1.47. The summed E-state index contributed by atoms with van der Waals surface area (Å²) in [6, 6.07) is 19.1. The van der Waals surface area contributed by atoms with Gasteiger partial charge in [0.15, 0.2) is 10.8 Å². The topological polar surface area (TPSA) is 113 Å². The second kappa shape index (κ2) is 14.1. The lowest BCUT2D eigenvalue weighted by molar-refractivity contribution is 0.0988. The van der Waals surface area contributed by atoms with Crippen LogP contribution in [0.1, 0.15) is 20.9 Å². The molecule has 0 bridgehead atoms. The fraction of sp³-hybridized carbons (Fsp3) is 0.156. The van der Waals surface area contributed by atoms with Gasteiger partial charge < -0.3 is 19.4 Å². The largest absolute Gasteiger partial charge is 0.453 e. The van der Waals surface area contributed by atoms with Crippen LogP contribution in [0, 0.1) is 0 Å². The van der Waals surface area contributed by atoms with E-state index in [1.165, 1.54) is 17.4 Å². The molecule has 0 saturated heterocycles. The zero-order valence-electron chi connectivity index (χ0n) is 22.7. The molecule has 0 saturated carbocycles. The van der Waals surface area contributed by atoms with Crippen molar-refractivity contribution in [3.63, 3.8) is 0 Å². The van der Waals surface area contributed by atoms with Gasteiger partial charge in [0.25, 0.3) is 5.78 Å². The van der Waals surface area contributed by atoms with Crippen molar-refractivity contribution >= 4 is 57.4 Å². The summed E-state index contributed by atoms with van der Waals surface area (Å²) in [5.74, 6) is -0.0861. The summed E-state index contributed by atoms with van der Waals surface area (Å²) in [6.07, 6.45) is 3.17. The minimum atomic E-state index is -0.553. The summed E-state index contributed by atoms with van der Waals surface area (Å²) in [5, 5.41) is 22.4. The molecule has 0 radical (unpaired) electrons. The average Bonchev–Trinajstić information content (AvgIpc) is 3.52. The number of Topliss-reactive ketones (excluding diaryl/α,β-unsaturated/α-hetero) is 1. The molecule has 5 aromatic rings. The fourth-order valence-corrected chi connectivity index (χ4v) is 5.64. The molecule has 43 heavy (non-hydrogen) atoms. The molecule has 0 atom stereocenters. The molecule has 0 spiro atoms. The predicted octanol–water partition coefficient (Wildman–Crippen LogP) is 6.31. The van der Waals surface area contributed by atoms with E-state index in [0.717, 1.165) is 11.1 Å². The Bertz CT molecular complexity index is 1810. The molecule has 0 aliphatic rings. The van der Waals surface area contributed by atoms with Crippen LogP contribution in [-0.2, 0) is 6.54 Å². The Labute approximate surface area is 261 Å². The van der Waals surface area contributed by atoms with Gasteiger partial charge in [-0.05, 0) is 47.0 Å². The molecule has 5 rings (SSSR count). The Kier molecular flexibility index (Phi) is 10.0. The van der Waals surface area contributed by atoms with Gasteiger partial charge in [0.1, 0.15) is 11.3 Å². The number of ether oxygens (including phenoxy) is 1. The van der Waals surface area contributed by atoms with Crippen LogP contribution in [0.25, 0.3) is 28.2 Å². The third kappa shape index (κ3) is 7.58. The van der Waals surface area contributed by atoms with Crippen LogP contribution in [-0.4, -0.2) is 52.2 Å². The van der Waals surface area contributed by atoms with Crippen molar-refractivity contribution in [2.45, 2.75) is 6.54 Å². The third-order valence-corrected chi connectivity index (χ3v) is 7.88. The third-order valence-electron chi connectivity index (χ3n) is 6.56. The molecule has 8 nitrogen and oxygen atoms in total. The van der Waals surface area contributed by atoms with Gasteiger partial charge in [-0.15, -0.1) is 11.3 Å². The van der Waals surface area contributed by atoms with Crippen molar-refractivity contribution in [2.24, 2.45) is 0 Å². The molecule has 220 valence electrons. The standard InChI is InChI=1S/C32H26Cl2N2O6S/c33-23-5-7-25(27(34)17-23)21-3-1-20(2-4-21)15-29(31(40)32-35-9-14-43-32)41-24-6-8-26-22(16-30(39)42-28(26)18-24)19-36(10-12-37)11-13-38/h1-9,14-18,37-38H,10-13,19H2/b29-15-. The van der Waals surface area contributed by atoms with Gasteiger partial charge in [-0.3, -0.25) is 9.69 Å². The number of aliphatic hydroxyl groups excluding tert-OH is 2. The SMILES string of the molecule is O=C(/C(=C/c1ccc(-c2ccc(Cl)cc2Cl)cc1)Oc1ccc2c(CN(CCO)CCO)cc(=O)oc2c1)c1nccs1. The van der Waals surface area contributed by atoms with Crippen LogP contribution < -0.4 is 10.4 Å². The van der Waals surface area contributed by atoms with Crippen LogP contribution in [0.5, 0.6) is 5.75 Å². The van der Waals surface area contributed by atoms with Gasteiger partial charge >= 0.3 is 5.63 Å². The molecule has 2 aromatic heterocycles. The average molecular weight is 638 g/mol. The maximum Gasteiger partial charge on any atom is 0.336 e. The lowest BCUT2D eigenvalue weighted by atomic mass is 10.0. The second-order valence-corrected chi connectivity index (χ2v) is 11.2. The molecule has 2 N–H and O–H groups in total. The van der Waals surface area contributed by atoms with Crippen molar-refractivity contribution in [2.75, 3.05) is 26.3 Å². The Morgan fingerprint density at radius 2 is 1.77 bits per heavy atom. The van der Waals surface area contributed by atoms with E-state index in [0.29, 0.717) is 46.2 Å². The molecule has 2 heterocycles. The Morgan fingerprint density at radius 3 is 2.44 bits per heavy atom. The summed E-state index contributed by atoms with van der Waals surface area (Å²) in [6.45, 7) is 0.831. The van der Waals surface area contributed by atoms with Crippen molar-refractivity contribution in [1.82, 2.24) is 9.88 Å². The van der Waals surface area contributed by atoms with E-state index in [1.54, 1.807) is 48.0 Å². The van der Waals surface area contributed by atoms with Crippen molar-refractivity contribution in [1.29, 1.82) is 0 Å². The van der Waals surface area contributed by atoms with Gasteiger partial charge in [-0.1, -0.05) is 53.5 Å². The number of hydrogen-bond donors (Lipinski definition) is 2. The highest BCUT2D eigenvalue weighted by molar-refractivity contribution is 7.11. The van der Waals surface area contributed by atoms with E-state index in [2.05, 4.69) is 4.98 Å². The lowest BCUT2D eigenvalue weighted by Crippen LogP contribution is -2.29. The van der Waals surface area contributed by atoms with Gasteiger partial charge in [-0.2, -0.15) is 0 Å². The number of carbonyl (C=O) groups excluding carboxylic acids is 1. The number of halogens is 2. The van der Waals surface area contributed by atoms with Gasteiger partial charge in [0.05, 0.1) is 13.2 Å². The zero-order valence-corrected chi connectivity index (χ0v) is 25.0. The minimum Gasteiger partial charge on any atom is -0.453 e. The smallest absolute Gasteiger partial charge is 0.336 e. The Hall–Kier alpha value is -3.83. The molecule has 0 aliphatic carbocycles. The quantitative estimate of drug-likeness (QED) is 0.0709. The highest BCUT2D eigenvalue weighted by Gasteiger charge is 2.19. The Morgan fingerprint density at radius 1 is 1.00 bits per heavy atom. The normalized spacial score (nSPS) is 11.8. The van der Waals surface area contributed by atoms with Gasteiger partial charge in [0, 0.05) is 64.3 Å². The number of carbonyl (C=O) groups is 1. The van der Waals surface area contributed by atoms with Crippen molar-refractivity contribution < 1.29 is 24.2 Å². The van der Waals surface area contributed by atoms with Gasteiger partial charge in [-0.25, -0.2) is 9.78 Å². The van der Waals surface area contributed by atoms with Crippen LogP contribution >= 0.6 is 34.5 Å². The first-order valence-corrected chi connectivity index (χ1v) is 14.9. The number of ketones is 1. The number of aromatic nitrogens is 1. The van der Waals surface area contributed by atoms with Crippen LogP contribution in [0.4, 0.5) is 0 Å². The molecule has 0 aliphatic heterocycles. The summed E-state index contributed by atoms with van der Waals surface area (Å²) in [5.41, 5.74) is 2.81. The van der Waals surface area contributed by atoms with Crippen molar-refractivity contribution in [3.05, 3.63) is 121 Å². The number of rotatable bonds is 12. The van der Waals surface area contributed by atoms with E-state index < -0.39 is 11.4 Å². The van der Waals surface area contributed by atoms with Crippen LogP contribution in [0.2, 0.25) is 10.0 Å². The maximum atomic E-state index is 13.4. The summed E-state index contributed by atoms with van der Waals surface area (Å²) < 4.78 is 11.6. The minimum absolute atomic E-state index is 0.0298. The predicted molar refractivity (Wildman–Crippen MR) is 169 cm³/mol. The monoisotopic (exact) mass is 636 g/mol.